The number of nitrogens with two attached hydrogens (primary N) is 1. The van der Waals surface area contributed by atoms with Gasteiger partial charge in [-0.25, -0.2) is 5.14 Å². The summed E-state index contributed by atoms with van der Waals surface area (Å²) in [6, 6.07) is 9.90. The van der Waals surface area contributed by atoms with Crippen LogP contribution in [0.1, 0.15) is 14.5 Å². The summed E-state index contributed by atoms with van der Waals surface area (Å²) in [6.07, 6.45) is 0. The van der Waals surface area contributed by atoms with Gasteiger partial charge < -0.3 is 5.32 Å². The Hall–Kier alpha value is -1.90. The molecule has 8 heteroatoms. The van der Waals surface area contributed by atoms with Crippen LogP contribution in [0.15, 0.2) is 36.4 Å². The number of rotatable bonds is 4. The van der Waals surface area contributed by atoms with Crippen molar-refractivity contribution in [2.24, 2.45) is 5.14 Å². The fourth-order valence-corrected chi connectivity index (χ4v) is 2.79. The number of thiophene rings is 1. The van der Waals surface area contributed by atoms with Gasteiger partial charge >= 0.3 is 0 Å². The first-order valence-electron chi connectivity index (χ1n) is 5.62. The average Bonchev–Trinajstić information content (AvgIpc) is 2.74. The molecule has 0 aliphatic heterocycles. The number of aryl methyl sites for hydroxylation is 1. The Morgan fingerprint density at radius 3 is 2.50 bits per heavy atom. The van der Waals surface area contributed by atoms with E-state index < -0.39 is 10.2 Å². The summed E-state index contributed by atoms with van der Waals surface area (Å²) in [5.41, 5.74) is 0.766. The molecule has 2 rings (SSSR count). The van der Waals surface area contributed by atoms with Gasteiger partial charge in [0.05, 0.1) is 10.6 Å². The van der Waals surface area contributed by atoms with E-state index in [1.165, 1.54) is 23.5 Å². The van der Waals surface area contributed by atoms with Crippen molar-refractivity contribution in [3.8, 4) is 0 Å². The summed E-state index contributed by atoms with van der Waals surface area (Å²) in [5.74, 6) is -0.240. The van der Waals surface area contributed by atoms with Gasteiger partial charge in [0.2, 0.25) is 0 Å². The minimum absolute atomic E-state index is 0.240. The maximum atomic E-state index is 12.0. The molecule has 106 valence electrons. The topological polar surface area (TPSA) is 101 Å². The standard InChI is InChI=1S/C12H13N3O3S2/c1-8-5-6-11(19-8)12(16)14-9-3-2-4-10(7-9)15-20(13,17)18/h2-7,15H,1H3,(H,14,16)(H2,13,17,18). The van der Waals surface area contributed by atoms with E-state index in [-0.39, 0.29) is 11.6 Å². The highest BCUT2D eigenvalue weighted by atomic mass is 32.2. The Morgan fingerprint density at radius 1 is 1.20 bits per heavy atom. The highest BCUT2D eigenvalue weighted by molar-refractivity contribution is 7.90. The minimum atomic E-state index is -3.83. The number of benzene rings is 1. The molecule has 0 saturated heterocycles. The molecule has 0 atom stereocenters. The van der Waals surface area contributed by atoms with Crippen LogP contribution in [0.3, 0.4) is 0 Å². The van der Waals surface area contributed by atoms with Crippen LogP contribution in [0.5, 0.6) is 0 Å². The third-order valence-corrected chi connectivity index (χ3v) is 3.86. The van der Waals surface area contributed by atoms with Crippen LogP contribution in [0.4, 0.5) is 11.4 Å². The maximum absolute atomic E-state index is 12.0. The van der Waals surface area contributed by atoms with E-state index in [2.05, 4.69) is 10.0 Å². The number of amides is 1. The van der Waals surface area contributed by atoms with Crippen molar-refractivity contribution >= 4 is 38.8 Å². The molecule has 0 aliphatic carbocycles. The van der Waals surface area contributed by atoms with Gasteiger partial charge in [-0.15, -0.1) is 11.3 Å². The SMILES string of the molecule is Cc1ccc(C(=O)Nc2cccc(NS(N)(=O)=O)c2)s1. The third-order valence-electron chi connectivity index (χ3n) is 2.34. The molecule has 6 nitrogen and oxygen atoms in total. The van der Waals surface area contributed by atoms with Crippen LogP contribution in [-0.2, 0) is 10.2 Å². The molecule has 1 aromatic carbocycles. The Morgan fingerprint density at radius 2 is 1.90 bits per heavy atom. The highest BCUT2D eigenvalue weighted by Crippen LogP contribution is 2.19. The summed E-state index contributed by atoms with van der Waals surface area (Å²) in [5, 5.41) is 7.58. The zero-order chi connectivity index (χ0) is 14.8. The smallest absolute Gasteiger partial charge is 0.296 e. The van der Waals surface area contributed by atoms with E-state index in [1.807, 2.05) is 13.0 Å². The van der Waals surface area contributed by atoms with Crippen molar-refractivity contribution in [3.05, 3.63) is 46.2 Å². The minimum Gasteiger partial charge on any atom is -0.321 e. The van der Waals surface area contributed by atoms with E-state index in [4.69, 9.17) is 5.14 Å². The molecular formula is C12H13N3O3S2. The second kappa shape index (κ2) is 5.61. The second-order valence-electron chi connectivity index (χ2n) is 4.09. The van der Waals surface area contributed by atoms with Gasteiger partial charge in [0, 0.05) is 10.6 Å². The summed E-state index contributed by atoms with van der Waals surface area (Å²) in [6.45, 7) is 1.91. The first-order valence-corrected chi connectivity index (χ1v) is 7.98. The molecule has 0 aliphatic rings. The van der Waals surface area contributed by atoms with E-state index in [0.29, 0.717) is 10.6 Å². The first kappa shape index (κ1) is 14.5. The molecule has 4 N–H and O–H groups in total. The number of anilines is 2. The lowest BCUT2D eigenvalue weighted by molar-refractivity contribution is 0.103. The van der Waals surface area contributed by atoms with Crippen LogP contribution < -0.4 is 15.2 Å². The van der Waals surface area contributed by atoms with Crippen molar-refractivity contribution in [1.82, 2.24) is 0 Å². The molecule has 0 radical (unpaired) electrons. The quantitative estimate of drug-likeness (QED) is 0.804. The third kappa shape index (κ3) is 4.05. The molecule has 0 unspecified atom stereocenters. The van der Waals surface area contributed by atoms with Crippen molar-refractivity contribution in [2.75, 3.05) is 10.0 Å². The van der Waals surface area contributed by atoms with Crippen molar-refractivity contribution in [1.29, 1.82) is 0 Å². The molecule has 0 spiro atoms. The molecule has 20 heavy (non-hydrogen) atoms. The number of hydrogen-bond acceptors (Lipinski definition) is 4. The lowest BCUT2D eigenvalue weighted by atomic mass is 10.3. The molecule has 0 fully saturated rings. The molecular weight excluding hydrogens is 298 g/mol. The van der Waals surface area contributed by atoms with Gasteiger partial charge in [-0.2, -0.15) is 8.42 Å². The van der Waals surface area contributed by atoms with Gasteiger partial charge in [0.15, 0.2) is 0 Å². The lowest BCUT2D eigenvalue weighted by Gasteiger charge is -2.07. The van der Waals surface area contributed by atoms with Gasteiger partial charge in [0.25, 0.3) is 16.1 Å². The molecule has 1 aromatic heterocycles. The average molecular weight is 311 g/mol. The number of nitrogens with one attached hydrogen (secondary N) is 2. The Kier molecular flexibility index (Phi) is 4.07. The normalized spacial score (nSPS) is 11.1. The van der Waals surface area contributed by atoms with Crippen molar-refractivity contribution in [3.63, 3.8) is 0 Å². The maximum Gasteiger partial charge on any atom is 0.296 e. The zero-order valence-electron chi connectivity index (χ0n) is 10.6. The van der Waals surface area contributed by atoms with Gasteiger partial charge in [-0.3, -0.25) is 9.52 Å². The predicted octanol–water partition coefficient (Wildman–Crippen LogP) is 1.92. The van der Waals surface area contributed by atoms with Crippen LogP contribution in [0.2, 0.25) is 0 Å². The predicted molar refractivity (Wildman–Crippen MR) is 80.2 cm³/mol. The van der Waals surface area contributed by atoms with Crippen LogP contribution in [0, 0.1) is 6.92 Å². The molecule has 2 aromatic rings. The van der Waals surface area contributed by atoms with E-state index in [0.717, 1.165) is 4.88 Å². The second-order valence-corrected chi connectivity index (χ2v) is 6.67. The summed E-state index contributed by atoms with van der Waals surface area (Å²) < 4.78 is 24.0. The zero-order valence-corrected chi connectivity index (χ0v) is 12.2. The lowest BCUT2D eigenvalue weighted by Crippen LogP contribution is -2.21. The van der Waals surface area contributed by atoms with E-state index in [9.17, 15) is 13.2 Å². The van der Waals surface area contributed by atoms with Gasteiger partial charge in [0.1, 0.15) is 0 Å². The monoisotopic (exact) mass is 311 g/mol. The highest BCUT2D eigenvalue weighted by Gasteiger charge is 2.09. The van der Waals surface area contributed by atoms with E-state index >= 15 is 0 Å². The van der Waals surface area contributed by atoms with Crippen molar-refractivity contribution in [2.45, 2.75) is 6.92 Å². The van der Waals surface area contributed by atoms with Gasteiger partial charge in [-0.05, 0) is 37.3 Å². The van der Waals surface area contributed by atoms with Crippen LogP contribution >= 0.6 is 11.3 Å². The van der Waals surface area contributed by atoms with Gasteiger partial charge in [-0.1, -0.05) is 6.07 Å². The summed E-state index contributed by atoms with van der Waals surface area (Å²) >= 11 is 1.39. The number of hydrogen-bond donors (Lipinski definition) is 3. The molecule has 1 amide bonds. The fourth-order valence-electron chi connectivity index (χ4n) is 1.57. The first-order chi connectivity index (χ1) is 9.33. The summed E-state index contributed by atoms with van der Waals surface area (Å²) in [4.78, 5) is 13.6. The number of carbonyl (C=O) groups excluding carboxylic acids is 1. The summed E-state index contributed by atoms with van der Waals surface area (Å²) in [7, 11) is -3.83. The van der Waals surface area contributed by atoms with E-state index in [1.54, 1.807) is 18.2 Å². The Labute approximate surface area is 120 Å². The fraction of sp³-hybridized carbons (Fsp3) is 0.0833. The van der Waals surface area contributed by atoms with Crippen LogP contribution in [-0.4, -0.2) is 14.3 Å². The molecule has 0 saturated carbocycles. The largest absolute Gasteiger partial charge is 0.321 e. The molecule has 1 heterocycles. The molecule has 0 bridgehead atoms. The number of carbonyl (C=O) groups is 1. The van der Waals surface area contributed by atoms with Crippen molar-refractivity contribution < 1.29 is 13.2 Å². The Balaban J connectivity index is 2.14. The van der Waals surface area contributed by atoms with Crippen LogP contribution in [0.25, 0.3) is 0 Å². The Bertz CT molecular complexity index is 738.